The van der Waals surface area contributed by atoms with Gasteiger partial charge in [-0.1, -0.05) is 12.1 Å². The summed E-state index contributed by atoms with van der Waals surface area (Å²) >= 11 is 4.96. The quantitative estimate of drug-likeness (QED) is 0.202. The van der Waals surface area contributed by atoms with Crippen molar-refractivity contribution in [1.82, 2.24) is 15.3 Å². The van der Waals surface area contributed by atoms with E-state index in [1.807, 2.05) is 36.4 Å². The minimum absolute atomic E-state index is 0.466. The van der Waals surface area contributed by atoms with E-state index in [1.54, 1.807) is 18.6 Å². The topological polar surface area (TPSA) is 64.3 Å². The Hall–Kier alpha value is -1.08. The van der Waals surface area contributed by atoms with Crippen LogP contribution in [0.5, 0.6) is 0 Å². The molecule has 0 atom stereocenters. The fourth-order valence-corrected chi connectivity index (χ4v) is 1.64. The summed E-state index contributed by atoms with van der Waals surface area (Å²) in [5, 5.41) is 7.44. The molecule has 0 aliphatic carbocycles. The maximum Gasteiger partial charge on any atom is 0.186 e. The van der Waals surface area contributed by atoms with Crippen LogP contribution in [0.15, 0.2) is 53.9 Å². The molecule has 0 spiro atoms. The Labute approximate surface area is 155 Å². The fraction of sp³-hybridized carbons (Fsp3) is 0.143. The van der Waals surface area contributed by atoms with E-state index in [9.17, 15) is 0 Å². The van der Waals surface area contributed by atoms with Crippen molar-refractivity contribution in [1.29, 1.82) is 0 Å². The summed E-state index contributed by atoms with van der Waals surface area (Å²) in [6.07, 6.45) is 5.88. The molecule has 0 bridgehead atoms. The number of hydrogen-bond donors (Lipinski definition) is 1. The van der Waals surface area contributed by atoms with Gasteiger partial charge >= 0.3 is 33.3 Å². The molecule has 0 aliphatic heterocycles. The first kappa shape index (κ1) is 20.0. The Balaban J connectivity index is 0.000000816. The van der Waals surface area contributed by atoms with Crippen LogP contribution in [0.2, 0.25) is 0 Å². The van der Waals surface area contributed by atoms with E-state index in [2.05, 4.69) is 58.2 Å². The second kappa shape index (κ2) is 13.4. The normalized spacial score (nSPS) is 10.2. The zero-order valence-corrected chi connectivity index (χ0v) is 15.3. The van der Waals surface area contributed by atoms with Gasteiger partial charge in [-0.3, -0.25) is 15.3 Å². The SMILES string of the molecule is [Cl][Cu][Cl].[SH+]=C([N-]N=Cc1ccccn1)NCCc1ccccn1. The molecule has 0 radical (unpaired) electrons. The van der Waals surface area contributed by atoms with Crippen molar-refractivity contribution in [3.05, 3.63) is 65.6 Å². The summed E-state index contributed by atoms with van der Waals surface area (Å²) in [6, 6.07) is 11.4. The smallest absolute Gasteiger partial charge is 0.186 e. The largest absolute Gasteiger partial charge is 0.515 e. The van der Waals surface area contributed by atoms with Crippen molar-refractivity contribution in [2.45, 2.75) is 6.42 Å². The molecule has 0 unspecified atom stereocenters. The third-order valence-electron chi connectivity index (χ3n) is 2.42. The molecule has 23 heavy (non-hydrogen) atoms. The van der Waals surface area contributed by atoms with Crippen molar-refractivity contribution < 1.29 is 13.1 Å². The molecule has 2 aromatic rings. The average molecular weight is 420 g/mol. The third-order valence-corrected chi connectivity index (χ3v) is 2.67. The number of hydrogen-bond acceptors (Lipinski definition) is 3. The van der Waals surface area contributed by atoms with Crippen LogP contribution in [0, 0.1) is 0 Å². The fourth-order valence-electron chi connectivity index (χ4n) is 1.48. The molecule has 2 heterocycles. The number of halogens is 2. The molecule has 0 aliphatic rings. The molecule has 0 fully saturated rings. The van der Waals surface area contributed by atoms with Crippen molar-refractivity contribution in [2.24, 2.45) is 5.10 Å². The number of rotatable bonds is 5. The first-order valence-electron chi connectivity index (χ1n) is 6.42. The van der Waals surface area contributed by atoms with E-state index in [4.69, 9.17) is 0 Å². The second-order valence-electron chi connectivity index (χ2n) is 3.96. The minimum atomic E-state index is 0.466. The Morgan fingerprint density at radius 3 is 2.52 bits per heavy atom. The maximum absolute atomic E-state index is 4.67. The Bertz CT molecular complexity index is 586. The Kier molecular flexibility index (Phi) is 11.6. The van der Waals surface area contributed by atoms with Gasteiger partial charge in [0.2, 0.25) is 0 Å². The number of thiol groups is 1. The maximum atomic E-state index is 4.67. The molecular weight excluding hydrogens is 405 g/mol. The van der Waals surface area contributed by atoms with Crippen molar-refractivity contribution >= 4 is 43.7 Å². The number of nitrogens with one attached hydrogen (secondary N) is 1. The van der Waals surface area contributed by atoms with E-state index in [-0.39, 0.29) is 0 Å². The molecule has 127 valence electrons. The van der Waals surface area contributed by atoms with Crippen LogP contribution in [0.3, 0.4) is 0 Å². The second-order valence-corrected chi connectivity index (χ2v) is 5.94. The summed E-state index contributed by atoms with van der Waals surface area (Å²) in [5.74, 6) is 0. The summed E-state index contributed by atoms with van der Waals surface area (Å²) in [7, 11) is 9.34. The van der Waals surface area contributed by atoms with E-state index in [1.165, 1.54) is 0 Å². The van der Waals surface area contributed by atoms with Gasteiger partial charge in [0.1, 0.15) is 0 Å². The van der Waals surface area contributed by atoms with Gasteiger partial charge in [-0.15, -0.1) is 0 Å². The van der Waals surface area contributed by atoms with Crippen LogP contribution >= 0.6 is 20.2 Å². The van der Waals surface area contributed by atoms with Crippen LogP contribution in [0.4, 0.5) is 0 Å². The van der Waals surface area contributed by atoms with E-state index in [0.29, 0.717) is 11.7 Å². The first-order chi connectivity index (χ1) is 11.3. The van der Waals surface area contributed by atoms with Gasteiger partial charge in [0.25, 0.3) is 0 Å². The summed E-state index contributed by atoms with van der Waals surface area (Å²) in [4.78, 5) is 8.34. The zero-order chi connectivity index (χ0) is 16.8. The molecule has 0 saturated carbocycles. The summed E-state index contributed by atoms with van der Waals surface area (Å²) in [5.41, 5.74) is 5.71. The summed E-state index contributed by atoms with van der Waals surface area (Å²) in [6.45, 7) is 0.707. The Morgan fingerprint density at radius 2 is 1.91 bits per heavy atom. The first-order valence-corrected chi connectivity index (χ1v) is 9.46. The van der Waals surface area contributed by atoms with Gasteiger partial charge < -0.3 is 10.5 Å². The molecular formula is C14H15Cl2CuN5S. The molecule has 2 rings (SSSR count). The number of aromatic nitrogens is 2. The molecule has 0 saturated heterocycles. The predicted molar refractivity (Wildman–Crippen MR) is 96.6 cm³/mol. The average Bonchev–Trinajstić information content (AvgIpc) is 2.57. The number of pyridine rings is 2. The van der Waals surface area contributed by atoms with E-state index >= 15 is 0 Å². The van der Waals surface area contributed by atoms with Crippen molar-refractivity contribution in [2.75, 3.05) is 6.54 Å². The molecule has 0 aromatic carbocycles. The van der Waals surface area contributed by atoms with Crippen LogP contribution in [0.1, 0.15) is 11.4 Å². The van der Waals surface area contributed by atoms with E-state index in [0.717, 1.165) is 30.9 Å². The standard InChI is InChI=1S/C14H15N5S.2ClH.Cu/c20-14(17-10-7-12-5-1-3-8-15-12)19-18-11-13-6-2-4-9-16-13;;;/h1-6,8-9,11H,7,10H2,(H2,16,17,19,20);2*1H;/q;;;+2/p-2. The van der Waals surface area contributed by atoms with Crippen molar-refractivity contribution in [3.8, 4) is 0 Å². The van der Waals surface area contributed by atoms with Crippen LogP contribution in [-0.4, -0.2) is 27.8 Å². The Morgan fingerprint density at radius 1 is 1.22 bits per heavy atom. The summed E-state index contributed by atoms with van der Waals surface area (Å²) < 4.78 is 0. The van der Waals surface area contributed by atoms with Crippen LogP contribution < -0.4 is 5.32 Å². The zero-order valence-electron chi connectivity index (χ0n) is 11.9. The molecule has 5 nitrogen and oxygen atoms in total. The molecule has 0 amide bonds. The van der Waals surface area contributed by atoms with Gasteiger partial charge in [0, 0.05) is 37.3 Å². The van der Waals surface area contributed by atoms with Gasteiger partial charge in [0.05, 0.1) is 5.69 Å². The predicted octanol–water partition coefficient (Wildman–Crippen LogP) is 2.76. The molecule has 1 N–H and O–H groups in total. The molecule has 9 heteroatoms. The van der Waals surface area contributed by atoms with Gasteiger partial charge in [0.15, 0.2) is 17.3 Å². The number of nitrogens with zero attached hydrogens (tertiary/aromatic N) is 4. The minimum Gasteiger partial charge on any atom is -0.515 e. The molecule has 2 aromatic heterocycles. The van der Waals surface area contributed by atoms with Crippen molar-refractivity contribution in [3.63, 3.8) is 0 Å². The van der Waals surface area contributed by atoms with E-state index < -0.39 is 0 Å². The van der Waals surface area contributed by atoms with Gasteiger partial charge in [-0.05, 0) is 24.3 Å². The monoisotopic (exact) mass is 418 g/mol. The van der Waals surface area contributed by atoms with Gasteiger partial charge in [-0.25, -0.2) is 0 Å². The van der Waals surface area contributed by atoms with Crippen LogP contribution in [0.25, 0.3) is 5.43 Å². The third kappa shape index (κ3) is 10.3. The van der Waals surface area contributed by atoms with Gasteiger partial charge in [-0.2, -0.15) is 0 Å². The van der Waals surface area contributed by atoms with Crippen LogP contribution in [-0.2, 0) is 31.8 Å².